The Morgan fingerprint density at radius 2 is 1.79 bits per heavy atom. The normalized spacial score (nSPS) is 10.5. The SMILES string of the molecule is COCc1ccccc1NCc1cc(C)ccc1C. The standard InChI is InChI=1S/C17H21NO/c1-13-8-9-14(2)16(10-13)11-18-17-7-5-4-6-15(17)12-19-3/h4-10,18H,11-12H2,1-3H3. The summed E-state index contributed by atoms with van der Waals surface area (Å²) in [6.45, 7) is 5.75. The summed E-state index contributed by atoms with van der Waals surface area (Å²) in [5.41, 5.74) is 6.29. The van der Waals surface area contributed by atoms with Crippen molar-refractivity contribution >= 4 is 5.69 Å². The van der Waals surface area contributed by atoms with Gasteiger partial charge in [-0.3, -0.25) is 0 Å². The molecule has 2 rings (SSSR count). The Hall–Kier alpha value is -1.80. The number of ether oxygens (including phenoxy) is 1. The van der Waals surface area contributed by atoms with E-state index in [0.29, 0.717) is 6.61 Å². The highest BCUT2D eigenvalue weighted by Gasteiger charge is 2.03. The molecule has 0 fully saturated rings. The summed E-state index contributed by atoms with van der Waals surface area (Å²) in [5.74, 6) is 0. The summed E-state index contributed by atoms with van der Waals surface area (Å²) < 4.78 is 5.22. The van der Waals surface area contributed by atoms with Gasteiger partial charge in [-0.2, -0.15) is 0 Å². The highest BCUT2D eigenvalue weighted by Crippen LogP contribution is 2.18. The third-order valence-electron chi connectivity index (χ3n) is 3.29. The summed E-state index contributed by atoms with van der Waals surface area (Å²) in [7, 11) is 1.72. The van der Waals surface area contributed by atoms with Crippen molar-refractivity contribution in [1.82, 2.24) is 0 Å². The molecule has 0 unspecified atom stereocenters. The van der Waals surface area contributed by atoms with Gasteiger partial charge in [-0.1, -0.05) is 42.0 Å². The Bertz CT molecular complexity index is 549. The lowest BCUT2D eigenvalue weighted by atomic mass is 10.1. The van der Waals surface area contributed by atoms with Crippen LogP contribution in [0.25, 0.3) is 0 Å². The van der Waals surface area contributed by atoms with E-state index in [1.165, 1.54) is 22.3 Å². The third-order valence-corrected chi connectivity index (χ3v) is 3.29. The Labute approximate surface area is 115 Å². The molecular formula is C17H21NO. The first-order valence-electron chi connectivity index (χ1n) is 6.57. The average molecular weight is 255 g/mol. The minimum absolute atomic E-state index is 0.635. The molecule has 0 heterocycles. The van der Waals surface area contributed by atoms with Crippen LogP contribution in [0.4, 0.5) is 5.69 Å². The molecule has 1 N–H and O–H groups in total. The van der Waals surface area contributed by atoms with Crippen molar-refractivity contribution in [2.24, 2.45) is 0 Å². The molecule has 0 atom stereocenters. The fraction of sp³-hybridized carbons (Fsp3) is 0.294. The molecule has 2 heteroatoms. The number of methoxy groups -OCH3 is 1. The van der Waals surface area contributed by atoms with Crippen LogP contribution in [0.5, 0.6) is 0 Å². The molecule has 0 spiro atoms. The molecule has 0 aliphatic heterocycles. The molecular weight excluding hydrogens is 234 g/mol. The number of hydrogen-bond acceptors (Lipinski definition) is 2. The molecule has 0 amide bonds. The van der Waals surface area contributed by atoms with Gasteiger partial charge in [0.1, 0.15) is 0 Å². The highest BCUT2D eigenvalue weighted by molar-refractivity contribution is 5.51. The van der Waals surface area contributed by atoms with Crippen LogP contribution in [-0.4, -0.2) is 7.11 Å². The van der Waals surface area contributed by atoms with Gasteiger partial charge in [0.25, 0.3) is 0 Å². The molecule has 2 nitrogen and oxygen atoms in total. The van der Waals surface area contributed by atoms with E-state index in [-0.39, 0.29) is 0 Å². The molecule has 0 saturated carbocycles. The molecule has 0 aromatic heterocycles. The quantitative estimate of drug-likeness (QED) is 0.870. The molecule has 0 aliphatic rings. The lowest BCUT2D eigenvalue weighted by Crippen LogP contribution is -2.04. The zero-order valence-electron chi connectivity index (χ0n) is 11.9. The minimum Gasteiger partial charge on any atom is -0.381 e. The van der Waals surface area contributed by atoms with Crippen molar-refractivity contribution in [1.29, 1.82) is 0 Å². The van der Waals surface area contributed by atoms with Crippen LogP contribution in [0.1, 0.15) is 22.3 Å². The number of nitrogens with one attached hydrogen (secondary N) is 1. The van der Waals surface area contributed by atoms with Crippen molar-refractivity contribution in [2.45, 2.75) is 27.0 Å². The Morgan fingerprint density at radius 3 is 2.58 bits per heavy atom. The van der Waals surface area contributed by atoms with E-state index in [4.69, 9.17) is 4.74 Å². The summed E-state index contributed by atoms with van der Waals surface area (Å²) in [6, 6.07) is 14.8. The number of anilines is 1. The minimum atomic E-state index is 0.635. The number of para-hydroxylation sites is 1. The van der Waals surface area contributed by atoms with Gasteiger partial charge in [-0.25, -0.2) is 0 Å². The van der Waals surface area contributed by atoms with Crippen molar-refractivity contribution in [3.63, 3.8) is 0 Å². The second-order valence-electron chi connectivity index (χ2n) is 4.87. The predicted molar refractivity (Wildman–Crippen MR) is 80.4 cm³/mol. The van der Waals surface area contributed by atoms with Crippen molar-refractivity contribution in [3.8, 4) is 0 Å². The van der Waals surface area contributed by atoms with Gasteiger partial charge in [0.15, 0.2) is 0 Å². The van der Waals surface area contributed by atoms with Crippen LogP contribution in [0.3, 0.4) is 0 Å². The fourth-order valence-electron chi connectivity index (χ4n) is 2.16. The van der Waals surface area contributed by atoms with E-state index in [9.17, 15) is 0 Å². The summed E-state index contributed by atoms with van der Waals surface area (Å²) in [5, 5.41) is 3.50. The topological polar surface area (TPSA) is 21.3 Å². The maximum atomic E-state index is 5.22. The number of benzene rings is 2. The molecule has 0 saturated heterocycles. The van der Waals surface area contributed by atoms with Gasteiger partial charge >= 0.3 is 0 Å². The third kappa shape index (κ3) is 3.58. The summed E-state index contributed by atoms with van der Waals surface area (Å²) in [4.78, 5) is 0. The van der Waals surface area contributed by atoms with Crippen LogP contribution in [0, 0.1) is 13.8 Å². The van der Waals surface area contributed by atoms with Gasteiger partial charge in [0.05, 0.1) is 6.61 Å². The van der Waals surface area contributed by atoms with Crippen LogP contribution < -0.4 is 5.32 Å². The molecule has 0 bridgehead atoms. The van der Waals surface area contributed by atoms with Crippen LogP contribution in [-0.2, 0) is 17.9 Å². The molecule has 100 valence electrons. The van der Waals surface area contributed by atoms with Crippen molar-refractivity contribution < 1.29 is 4.74 Å². The maximum absolute atomic E-state index is 5.22. The zero-order valence-corrected chi connectivity index (χ0v) is 11.9. The summed E-state index contributed by atoms with van der Waals surface area (Å²) >= 11 is 0. The van der Waals surface area contributed by atoms with Gasteiger partial charge in [0.2, 0.25) is 0 Å². The van der Waals surface area contributed by atoms with Crippen LogP contribution >= 0.6 is 0 Å². The first-order chi connectivity index (χ1) is 9.20. The molecule has 2 aromatic carbocycles. The van der Waals surface area contributed by atoms with E-state index in [1.54, 1.807) is 7.11 Å². The van der Waals surface area contributed by atoms with Crippen molar-refractivity contribution in [2.75, 3.05) is 12.4 Å². The van der Waals surface area contributed by atoms with E-state index in [1.807, 2.05) is 12.1 Å². The smallest absolute Gasteiger partial charge is 0.0733 e. The van der Waals surface area contributed by atoms with E-state index in [2.05, 4.69) is 49.5 Å². The average Bonchev–Trinajstić information content (AvgIpc) is 2.42. The van der Waals surface area contributed by atoms with Gasteiger partial charge in [-0.05, 0) is 31.0 Å². The zero-order chi connectivity index (χ0) is 13.7. The molecule has 0 aliphatic carbocycles. The summed E-state index contributed by atoms with van der Waals surface area (Å²) in [6.07, 6.45) is 0. The largest absolute Gasteiger partial charge is 0.381 e. The van der Waals surface area contributed by atoms with Crippen LogP contribution in [0.2, 0.25) is 0 Å². The Balaban J connectivity index is 2.12. The molecule has 0 radical (unpaired) electrons. The molecule has 2 aromatic rings. The fourth-order valence-corrected chi connectivity index (χ4v) is 2.16. The Kier molecular flexibility index (Phi) is 4.58. The highest BCUT2D eigenvalue weighted by atomic mass is 16.5. The monoisotopic (exact) mass is 255 g/mol. The van der Waals surface area contributed by atoms with E-state index >= 15 is 0 Å². The molecule has 19 heavy (non-hydrogen) atoms. The van der Waals surface area contributed by atoms with Gasteiger partial charge < -0.3 is 10.1 Å². The van der Waals surface area contributed by atoms with Gasteiger partial charge in [0, 0.05) is 24.9 Å². The number of hydrogen-bond donors (Lipinski definition) is 1. The predicted octanol–water partition coefficient (Wildman–Crippen LogP) is 4.06. The Morgan fingerprint density at radius 1 is 1.00 bits per heavy atom. The maximum Gasteiger partial charge on any atom is 0.0733 e. The van der Waals surface area contributed by atoms with E-state index < -0.39 is 0 Å². The number of aryl methyl sites for hydroxylation is 2. The first kappa shape index (κ1) is 13.6. The first-order valence-corrected chi connectivity index (χ1v) is 6.57. The van der Waals surface area contributed by atoms with Crippen molar-refractivity contribution in [3.05, 3.63) is 64.7 Å². The second-order valence-corrected chi connectivity index (χ2v) is 4.87. The van der Waals surface area contributed by atoms with Gasteiger partial charge in [-0.15, -0.1) is 0 Å². The lowest BCUT2D eigenvalue weighted by Gasteiger charge is -2.13. The lowest BCUT2D eigenvalue weighted by molar-refractivity contribution is 0.185. The van der Waals surface area contributed by atoms with E-state index in [0.717, 1.165) is 12.2 Å². The second kappa shape index (κ2) is 6.39. The van der Waals surface area contributed by atoms with Crippen LogP contribution in [0.15, 0.2) is 42.5 Å². The number of rotatable bonds is 5.